The first-order chi connectivity index (χ1) is 12.7. The van der Waals surface area contributed by atoms with Gasteiger partial charge >= 0.3 is 0 Å². The predicted molar refractivity (Wildman–Crippen MR) is 96.2 cm³/mol. The number of anilines is 1. The second-order valence-corrected chi connectivity index (χ2v) is 6.96. The first-order valence-corrected chi connectivity index (χ1v) is 9.12. The molecule has 0 spiro atoms. The van der Waals surface area contributed by atoms with Gasteiger partial charge in [-0.05, 0) is 42.5 Å². The normalized spacial score (nSPS) is 13.4. The van der Waals surface area contributed by atoms with E-state index in [-0.39, 0.29) is 18.4 Å². The van der Waals surface area contributed by atoms with Crippen LogP contribution in [0.25, 0.3) is 0 Å². The van der Waals surface area contributed by atoms with E-state index in [2.05, 4.69) is 20.8 Å². The Labute approximate surface area is 153 Å². The van der Waals surface area contributed by atoms with Crippen molar-refractivity contribution >= 4 is 28.8 Å². The van der Waals surface area contributed by atoms with Gasteiger partial charge in [0, 0.05) is 17.2 Å². The number of carbonyl (C=O) groups excluding carboxylic acids is 2. The molecule has 1 fully saturated rings. The van der Waals surface area contributed by atoms with Crippen molar-refractivity contribution in [2.24, 2.45) is 0 Å². The van der Waals surface area contributed by atoms with Crippen LogP contribution >= 0.6 is 11.3 Å². The van der Waals surface area contributed by atoms with Crippen LogP contribution in [0.5, 0.6) is 0 Å². The van der Waals surface area contributed by atoms with E-state index in [1.54, 1.807) is 30.3 Å². The van der Waals surface area contributed by atoms with Crippen molar-refractivity contribution in [1.29, 1.82) is 0 Å². The average Bonchev–Trinajstić information content (AvgIpc) is 3.16. The number of benzene rings is 1. The summed E-state index contributed by atoms with van der Waals surface area (Å²) in [6.45, 7) is 0.171. The monoisotopic (exact) mass is 368 g/mol. The third-order valence-corrected chi connectivity index (χ3v) is 4.82. The van der Waals surface area contributed by atoms with Crippen LogP contribution < -0.4 is 10.6 Å². The molecule has 3 aromatic rings. The first kappa shape index (κ1) is 16.5. The molecule has 26 heavy (non-hydrogen) atoms. The Balaban J connectivity index is 1.37. The Kier molecular flexibility index (Phi) is 4.49. The van der Waals surface area contributed by atoms with Crippen LogP contribution in [0.1, 0.15) is 50.5 Å². The van der Waals surface area contributed by atoms with Gasteiger partial charge in [0.2, 0.25) is 5.89 Å². The smallest absolute Gasteiger partial charge is 0.265 e. The number of nitrogens with zero attached hydrogens (tertiary/aromatic N) is 2. The molecule has 0 atom stereocenters. The highest BCUT2D eigenvalue weighted by molar-refractivity contribution is 7.12. The predicted octanol–water partition coefficient (Wildman–Crippen LogP) is 3.19. The zero-order valence-corrected chi connectivity index (χ0v) is 14.6. The number of thiophene rings is 1. The summed E-state index contributed by atoms with van der Waals surface area (Å²) < 4.78 is 5.14. The van der Waals surface area contributed by atoms with Gasteiger partial charge in [-0.3, -0.25) is 9.59 Å². The van der Waals surface area contributed by atoms with E-state index in [0.717, 1.165) is 12.8 Å². The topological polar surface area (TPSA) is 97.1 Å². The zero-order valence-electron chi connectivity index (χ0n) is 13.8. The summed E-state index contributed by atoms with van der Waals surface area (Å²) in [6, 6.07) is 10.3. The lowest BCUT2D eigenvalue weighted by atomic mass is 10.2. The summed E-state index contributed by atoms with van der Waals surface area (Å²) in [5, 5.41) is 11.3. The molecule has 7 nitrogen and oxygen atoms in total. The van der Waals surface area contributed by atoms with E-state index in [0.29, 0.717) is 33.8 Å². The summed E-state index contributed by atoms with van der Waals surface area (Å²) in [6.07, 6.45) is 2.19. The molecule has 4 rings (SSSR count). The van der Waals surface area contributed by atoms with Crippen LogP contribution in [0.4, 0.5) is 5.69 Å². The average molecular weight is 368 g/mol. The van der Waals surface area contributed by atoms with Crippen LogP contribution in [0.2, 0.25) is 0 Å². The number of rotatable bonds is 6. The van der Waals surface area contributed by atoms with Crippen LogP contribution in [-0.4, -0.2) is 22.0 Å². The maximum Gasteiger partial charge on any atom is 0.265 e. The molecule has 2 N–H and O–H groups in total. The minimum absolute atomic E-state index is 0.171. The zero-order chi connectivity index (χ0) is 17.9. The van der Waals surface area contributed by atoms with Gasteiger partial charge in [-0.2, -0.15) is 4.98 Å². The highest BCUT2D eigenvalue weighted by Crippen LogP contribution is 2.38. The number of carbonyl (C=O) groups is 2. The third-order valence-electron chi connectivity index (χ3n) is 3.95. The van der Waals surface area contributed by atoms with Crippen molar-refractivity contribution in [3.05, 3.63) is 63.9 Å². The summed E-state index contributed by atoms with van der Waals surface area (Å²) in [7, 11) is 0. The van der Waals surface area contributed by atoms with E-state index >= 15 is 0 Å². The second-order valence-electron chi connectivity index (χ2n) is 6.02. The van der Waals surface area contributed by atoms with Crippen LogP contribution in [0.15, 0.2) is 46.3 Å². The highest BCUT2D eigenvalue weighted by atomic mass is 32.1. The fourth-order valence-electron chi connectivity index (χ4n) is 2.44. The molecule has 1 saturated carbocycles. The van der Waals surface area contributed by atoms with Crippen molar-refractivity contribution in [2.45, 2.75) is 25.3 Å². The van der Waals surface area contributed by atoms with Gasteiger partial charge in [0.15, 0.2) is 5.82 Å². The fraction of sp³-hybridized carbons (Fsp3) is 0.222. The molecule has 1 aliphatic carbocycles. The maximum absolute atomic E-state index is 12.3. The number of amides is 2. The Morgan fingerprint density at radius 2 is 2.08 bits per heavy atom. The summed E-state index contributed by atoms with van der Waals surface area (Å²) >= 11 is 1.36. The Morgan fingerprint density at radius 3 is 2.85 bits per heavy atom. The largest absolute Gasteiger partial charge is 0.343 e. The fourth-order valence-corrected chi connectivity index (χ4v) is 3.06. The molecule has 8 heteroatoms. The van der Waals surface area contributed by atoms with E-state index in [1.165, 1.54) is 11.3 Å². The van der Waals surface area contributed by atoms with Gasteiger partial charge in [-0.1, -0.05) is 17.3 Å². The Bertz CT molecular complexity index is 932. The van der Waals surface area contributed by atoms with Crippen molar-refractivity contribution in [3.63, 3.8) is 0 Å². The van der Waals surface area contributed by atoms with E-state index in [4.69, 9.17) is 4.52 Å². The van der Waals surface area contributed by atoms with Crippen molar-refractivity contribution < 1.29 is 14.1 Å². The minimum Gasteiger partial charge on any atom is -0.343 e. The molecule has 0 aliphatic heterocycles. The van der Waals surface area contributed by atoms with Gasteiger partial charge in [0.05, 0.1) is 11.4 Å². The SMILES string of the molecule is O=C(NCc1nc(C2CC2)no1)c1cccc(NC(=O)c2cccs2)c1. The van der Waals surface area contributed by atoms with Crippen molar-refractivity contribution in [3.8, 4) is 0 Å². The third kappa shape index (κ3) is 3.80. The lowest BCUT2D eigenvalue weighted by molar-refractivity contribution is 0.0945. The first-order valence-electron chi connectivity index (χ1n) is 8.24. The molecule has 0 bridgehead atoms. The molecule has 2 aromatic heterocycles. The molecule has 0 saturated heterocycles. The van der Waals surface area contributed by atoms with Gasteiger partial charge in [0.1, 0.15) is 0 Å². The number of hydrogen-bond donors (Lipinski definition) is 2. The molecular weight excluding hydrogens is 352 g/mol. The molecule has 1 aromatic carbocycles. The number of nitrogens with one attached hydrogen (secondary N) is 2. The number of hydrogen-bond acceptors (Lipinski definition) is 6. The molecule has 0 unspecified atom stereocenters. The van der Waals surface area contributed by atoms with Crippen LogP contribution in [0.3, 0.4) is 0 Å². The van der Waals surface area contributed by atoms with Crippen molar-refractivity contribution in [1.82, 2.24) is 15.5 Å². The van der Waals surface area contributed by atoms with Gasteiger partial charge in [-0.15, -0.1) is 11.3 Å². The van der Waals surface area contributed by atoms with Crippen LogP contribution in [0, 0.1) is 0 Å². The summed E-state index contributed by atoms with van der Waals surface area (Å²) in [5.74, 6) is 1.04. The molecule has 1 aliphatic rings. The van der Waals surface area contributed by atoms with Gasteiger partial charge < -0.3 is 15.2 Å². The molecular formula is C18H16N4O3S. The summed E-state index contributed by atoms with van der Waals surface area (Å²) in [4.78, 5) is 29.3. The molecule has 132 valence electrons. The molecule has 2 amide bonds. The standard InChI is InChI=1S/C18H16N4O3S/c23-17(19-10-15-21-16(22-25-15)11-6-7-11)12-3-1-4-13(9-12)20-18(24)14-5-2-8-26-14/h1-5,8-9,11H,6-7,10H2,(H,19,23)(H,20,24). The summed E-state index contributed by atoms with van der Waals surface area (Å²) in [5.41, 5.74) is 1.00. The maximum atomic E-state index is 12.3. The van der Waals surface area contributed by atoms with Crippen LogP contribution in [-0.2, 0) is 6.54 Å². The lowest BCUT2D eigenvalue weighted by Gasteiger charge is -2.07. The second kappa shape index (κ2) is 7.09. The Morgan fingerprint density at radius 1 is 1.19 bits per heavy atom. The van der Waals surface area contributed by atoms with Crippen molar-refractivity contribution in [2.75, 3.05) is 5.32 Å². The highest BCUT2D eigenvalue weighted by Gasteiger charge is 2.28. The van der Waals surface area contributed by atoms with E-state index in [1.807, 2.05) is 11.4 Å². The lowest BCUT2D eigenvalue weighted by Crippen LogP contribution is -2.23. The van der Waals surface area contributed by atoms with E-state index < -0.39 is 0 Å². The van der Waals surface area contributed by atoms with E-state index in [9.17, 15) is 9.59 Å². The number of aromatic nitrogens is 2. The van der Waals surface area contributed by atoms with Gasteiger partial charge in [0.25, 0.3) is 11.8 Å². The minimum atomic E-state index is -0.275. The quantitative estimate of drug-likeness (QED) is 0.696. The Hall–Kier alpha value is -3.00. The molecule has 2 heterocycles. The molecule has 0 radical (unpaired) electrons. The van der Waals surface area contributed by atoms with Gasteiger partial charge in [-0.25, -0.2) is 0 Å².